The van der Waals surface area contributed by atoms with Crippen molar-refractivity contribution >= 4 is 23.0 Å². The predicted molar refractivity (Wildman–Crippen MR) is 100 cm³/mol. The van der Waals surface area contributed by atoms with Crippen LogP contribution >= 0.6 is 11.6 Å². The van der Waals surface area contributed by atoms with Gasteiger partial charge in [0, 0.05) is 39.3 Å². The first-order chi connectivity index (χ1) is 12.2. The lowest BCUT2D eigenvalue weighted by Gasteiger charge is -2.36. The van der Waals surface area contributed by atoms with Crippen molar-refractivity contribution in [1.82, 2.24) is 15.1 Å². The number of hydrogen-bond donors (Lipinski definition) is 2. The van der Waals surface area contributed by atoms with Crippen molar-refractivity contribution in [3.63, 3.8) is 0 Å². The number of methoxy groups -OCH3 is 1. The third kappa shape index (κ3) is 4.24. The van der Waals surface area contributed by atoms with Gasteiger partial charge in [-0.15, -0.1) is 0 Å². The van der Waals surface area contributed by atoms with Gasteiger partial charge in [-0.25, -0.2) is 5.10 Å². The average Bonchev–Trinajstić information content (AvgIpc) is 2.65. The molecule has 3 rings (SSSR count). The molecule has 1 aliphatic rings. The second-order valence-corrected chi connectivity index (χ2v) is 6.26. The molecule has 1 aromatic heterocycles. The molecule has 7 nitrogen and oxygen atoms in total. The number of rotatable bonds is 6. The lowest BCUT2D eigenvalue weighted by Crippen LogP contribution is -2.47. The van der Waals surface area contributed by atoms with E-state index in [0.29, 0.717) is 17.3 Å². The molecule has 25 heavy (non-hydrogen) atoms. The summed E-state index contributed by atoms with van der Waals surface area (Å²) in [5, 5.41) is 9.47. The molecule has 0 aliphatic carbocycles. The van der Waals surface area contributed by atoms with Gasteiger partial charge >= 0.3 is 0 Å². The maximum absolute atomic E-state index is 11.7. The Balaban J connectivity index is 1.49. The van der Waals surface area contributed by atoms with E-state index in [0.717, 1.165) is 44.2 Å². The SMILES string of the molecule is COc1ccccc1N1CCN(CCNc2c(Cl)cn[nH]c2=O)CC1. The number of piperazine rings is 1. The molecule has 0 bridgehead atoms. The van der Waals surface area contributed by atoms with Crippen molar-refractivity contribution in [2.75, 3.05) is 56.6 Å². The van der Waals surface area contributed by atoms with E-state index in [-0.39, 0.29) is 5.56 Å². The van der Waals surface area contributed by atoms with E-state index in [2.05, 4.69) is 31.4 Å². The molecule has 0 unspecified atom stereocenters. The van der Waals surface area contributed by atoms with Crippen molar-refractivity contribution in [2.24, 2.45) is 0 Å². The molecule has 0 saturated carbocycles. The number of halogens is 1. The number of para-hydroxylation sites is 2. The highest BCUT2D eigenvalue weighted by atomic mass is 35.5. The van der Waals surface area contributed by atoms with E-state index >= 15 is 0 Å². The Bertz CT molecular complexity index is 759. The number of aromatic nitrogens is 2. The molecular weight excluding hydrogens is 342 g/mol. The van der Waals surface area contributed by atoms with Gasteiger partial charge in [-0.2, -0.15) is 5.10 Å². The van der Waals surface area contributed by atoms with Gasteiger partial charge in [0.1, 0.15) is 11.4 Å². The summed E-state index contributed by atoms with van der Waals surface area (Å²) in [6.07, 6.45) is 1.43. The highest BCUT2D eigenvalue weighted by Gasteiger charge is 2.19. The first-order valence-corrected chi connectivity index (χ1v) is 8.64. The minimum atomic E-state index is -0.298. The van der Waals surface area contributed by atoms with Crippen molar-refractivity contribution in [3.05, 3.63) is 45.8 Å². The van der Waals surface area contributed by atoms with Crippen LogP contribution in [0.2, 0.25) is 5.02 Å². The maximum atomic E-state index is 11.7. The molecule has 1 aromatic carbocycles. The standard InChI is InChI=1S/C17H22ClN5O2/c1-25-15-5-3-2-4-14(15)23-10-8-22(9-11-23)7-6-19-16-13(18)12-20-21-17(16)24/h2-5,12H,6-11H2,1H3,(H,19,20)(H,21,24). The monoisotopic (exact) mass is 363 g/mol. The van der Waals surface area contributed by atoms with E-state index in [1.54, 1.807) is 7.11 Å². The predicted octanol–water partition coefficient (Wildman–Crippen LogP) is 1.67. The molecule has 1 fully saturated rings. The van der Waals surface area contributed by atoms with E-state index in [1.807, 2.05) is 18.2 Å². The van der Waals surface area contributed by atoms with Crippen LogP contribution in [0.3, 0.4) is 0 Å². The van der Waals surface area contributed by atoms with Crippen LogP contribution < -0.4 is 20.5 Å². The largest absolute Gasteiger partial charge is 0.495 e. The topological polar surface area (TPSA) is 73.5 Å². The van der Waals surface area contributed by atoms with Gasteiger partial charge < -0.3 is 15.0 Å². The number of hydrogen-bond acceptors (Lipinski definition) is 6. The Morgan fingerprint density at radius 2 is 2.04 bits per heavy atom. The third-order valence-electron chi connectivity index (χ3n) is 4.34. The first kappa shape index (κ1) is 17.6. The number of benzene rings is 1. The summed E-state index contributed by atoms with van der Waals surface area (Å²) in [5.74, 6) is 0.907. The van der Waals surface area contributed by atoms with Crippen LogP contribution in [0.15, 0.2) is 35.3 Å². The molecule has 2 heterocycles. The zero-order chi connectivity index (χ0) is 17.6. The second kappa shape index (κ2) is 8.22. The van der Waals surface area contributed by atoms with E-state index < -0.39 is 0 Å². The van der Waals surface area contributed by atoms with Gasteiger partial charge in [0.25, 0.3) is 5.56 Å². The molecule has 0 spiro atoms. The van der Waals surface area contributed by atoms with Gasteiger partial charge in [-0.3, -0.25) is 9.69 Å². The van der Waals surface area contributed by atoms with Crippen LogP contribution in [0.5, 0.6) is 5.75 Å². The summed E-state index contributed by atoms with van der Waals surface area (Å²) in [4.78, 5) is 16.4. The molecule has 0 radical (unpaired) electrons. The van der Waals surface area contributed by atoms with Gasteiger partial charge in [-0.1, -0.05) is 23.7 Å². The molecule has 8 heteroatoms. The first-order valence-electron chi connectivity index (χ1n) is 8.26. The Kier molecular flexibility index (Phi) is 5.78. The molecular formula is C17H22ClN5O2. The normalized spacial score (nSPS) is 15.2. The lowest BCUT2D eigenvalue weighted by molar-refractivity contribution is 0.266. The summed E-state index contributed by atoms with van der Waals surface area (Å²) < 4.78 is 5.45. The summed E-state index contributed by atoms with van der Waals surface area (Å²) >= 11 is 5.99. The van der Waals surface area contributed by atoms with Gasteiger partial charge in [0.2, 0.25) is 0 Å². The molecule has 1 saturated heterocycles. The highest BCUT2D eigenvalue weighted by molar-refractivity contribution is 6.32. The molecule has 1 aliphatic heterocycles. The van der Waals surface area contributed by atoms with Gasteiger partial charge in [0.15, 0.2) is 0 Å². The zero-order valence-corrected chi connectivity index (χ0v) is 14.9. The van der Waals surface area contributed by atoms with E-state index in [9.17, 15) is 4.79 Å². The van der Waals surface area contributed by atoms with Gasteiger partial charge in [0.05, 0.1) is 24.0 Å². The number of aromatic amines is 1. The Labute approximate surface area is 151 Å². The van der Waals surface area contributed by atoms with E-state index in [4.69, 9.17) is 16.3 Å². The van der Waals surface area contributed by atoms with Crippen molar-refractivity contribution in [1.29, 1.82) is 0 Å². The number of nitrogens with zero attached hydrogens (tertiary/aromatic N) is 3. The highest BCUT2D eigenvalue weighted by Crippen LogP contribution is 2.28. The number of ether oxygens (including phenoxy) is 1. The molecule has 2 aromatic rings. The summed E-state index contributed by atoms with van der Waals surface area (Å²) in [6.45, 7) is 5.30. The Morgan fingerprint density at radius 3 is 2.76 bits per heavy atom. The van der Waals surface area contributed by atoms with Crippen LogP contribution in [0.25, 0.3) is 0 Å². The Morgan fingerprint density at radius 1 is 1.28 bits per heavy atom. The lowest BCUT2D eigenvalue weighted by atomic mass is 10.2. The fourth-order valence-electron chi connectivity index (χ4n) is 2.98. The zero-order valence-electron chi connectivity index (χ0n) is 14.2. The summed E-state index contributed by atoms with van der Waals surface area (Å²) in [7, 11) is 1.70. The molecule has 0 atom stereocenters. The van der Waals surface area contributed by atoms with Crippen LogP contribution in [0, 0.1) is 0 Å². The Hall–Kier alpha value is -2.25. The van der Waals surface area contributed by atoms with E-state index in [1.165, 1.54) is 6.20 Å². The number of nitrogens with one attached hydrogen (secondary N) is 2. The average molecular weight is 364 g/mol. The quantitative estimate of drug-likeness (QED) is 0.813. The third-order valence-corrected chi connectivity index (χ3v) is 4.62. The number of anilines is 2. The van der Waals surface area contributed by atoms with Crippen molar-refractivity contribution < 1.29 is 4.74 Å². The smallest absolute Gasteiger partial charge is 0.289 e. The minimum Gasteiger partial charge on any atom is -0.495 e. The van der Waals surface area contributed by atoms with Crippen molar-refractivity contribution in [2.45, 2.75) is 0 Å². The summed E-state index contributed by atoms with van der Waals surface area (Å²) in [6, 6.07) is 8.09. The second-order valence-electron chi connectivity index (χ2n) is 5.85. The van der Waals surface area contributed by atoms with Crippen molar-refractivity contribution in [3.8, 4) is 5.75 Å². The maximum Gasteiger partial charge on any atom is 0.289 e. The molecule has 0 amide bonds. The summed E-state index contributed by atoms with van der Waals surface area (Å²) in [5.41, 5.74) is 1.22. The van der Waals surface area contributed by atoms with Crippen LogP contribution in [0.1, 0.15) is 0 Å². The van der Waals surface area contributed by atoms with Crippen LogP contribution in [-0.2, 0) is 0 Å². The molecule has 2 N–H and O–H groups in total. The molecule has 134 valence electrons. The van der Waals surface area contributed by atoms with Crippen LogP contribution in [0.4, 0.5) is 11.4 Å². The number of H-pyrrole nitrogens is 1. The fourth-order valence-corrected chi connectivity index (χ4v) is 3.19. The minimum absolute atomic E-state index is 0.298. The van der Waals surface area contributed by atoms with Crippen LogP contribution in [-0.4, -0.2) is 61.5 Å². The fraction of sp³-hybridized carbons (Fsp3) is 0.412. The van der Waals surface area contributed by atoms with Gasteiger partial charge in [-0.05, 0) is 12.1 Å².